The van der Waals surface area contributed by atoms with Crippen molar-refractivity contribution in [1.29, 1.82) is 0 Å². The summed E-state index contributed by atoms with van der Waals surface area (Å²) in [4.78, 5) is 11.2. The lowest BCUT2D eigenvalue weighted by Gasteiger charge is -2.19. The fourth-order valence-corrected chi connectivity index (χ4v) is 2.90. The van der Waals surface area contributed by atoms with Gasteiger partial charge in [-0.3, -0.25) is 4.79 Å². The lowest BCUT2D eigenvalue weighted by molar-refractivity contribution is 0.101. The fraction of sp³-hybridized carbons (Fsp3) is 0.462. The zero-order chi connectivity index (χ0) is 14.6. The highest BCUT2D eigenvalue weighted by molar-refractivity contribution is 7.89. The Morgan fingerprint density at radius 2 is 1.79 bits per heavy atom. The van der Waals surface area contributed by atoms with Crippen molar-refractivity contribution in [3.05, 3.63) is 29.8 Å². The van der Waals surface area contributed by atoms with Gasteiger partial charge in [0, 0.05) is 11.6 Å². The zero-order valence-electron chi connectivity index (χ0n) is 11.3. The van der Waals surface area contributed by atoms with E-state index in [4.69, 9.17) is 5.11 Å². The van der Waals surface area contributed by atoms with Crippen molar-refractivity contribution in [2.24, 2.45) is 5.92 Å². The number of benzene rings is 1. The first-order valence-corrected chi connectivity index (χ1v) is 7.50. The molecule has 0 aliphatic heterocycles. The van der Waals surface area contributed by atoms with Gasteiger partial charge in [-0.25, -0.2) is 13.1 Å². The summed E-state index contributed by atoms with van der Waals surface area (Å²) < 4.78 is 26.6. The summed E-state index contributed by atoms with van der Waals surface area (Å²) in [5.74, 6) is -0.136. The largest absolute Gasteiger partial charge is 0.395 e. The molecular formula is C13H19NO4S. The van der Waals surface area contributed by atoms with Crippen molar-refractivity contribution in [2.75, 3.05) is 6.61 Å². The van der Waals surface area contributed by atoms with Crippen molar-refractivity contribution in [3.63, 3.8) is 0 Å². The van der Waals surface area contributed by atoms with Crippen LogP contribution in [0.5, 0.6) is 0 Å². The third-order valence-corrected chi connectivity index (χ3v) is 4.38. The molecule has 1 aromatic rings. The van der Waals surface area contributed by atoms with Crippen LogP contribution in [0.1, 0.15) is 31.1 Å². The molecule has 5 nitrogen and oxygen atoms in total. The third-order valence-electron chi connectivity index (χ3n) is 2.88. The topological polar surface area (TPSA) is 83.5 Å². The molecule has 0 radical (unpaired) electrons. The lowest BCUT2D eigenvalue weighted by atomic mass is 10.1. The number of hydrogen-bond acceptors (Lipinski definition) is 4. The van der Waals surface area contributed by atoms with Gasteiger partial charge in [0.25, 0.3) is 0 Å². The van der Waals surface area contributed by atoms with Gasteiger partial charge in [-0.1, -0.05) is 26.0 Å². The van der Waals surface area contributed by atoms with E-state index in [1.165, 1.54) is 31.2 Å². The van der Waals surface area contributed by atoms with Crippen LogP contribution in [0.25, 0.3) is 0 Å². The molecular weight excluding hydrogens is 266 g/mol. The number of sulfonamides is 1. The van der Waals surface area contributed by atoms with E-state index in [1.54, 1.807) is 0 Å². The second kappa shape index (κ2) is 6.27. The van der Waals surface area contributed by atoms with Crippen LogP contribution in [0.2, 0.25) is 0 Å². The van der Waals surface area contributed by atoms with Crippen LogP contribution >= 0.6 is 0 Å². The minimum absolute atomic E-state index is 0.0173. The van der Waals surface area contributed by atoms with Crippen LogP contribution in [0.3, 0.4) is 0 Å². The number of rotatable bonds is 6. The average Bonchev–Trinajstić information content (AvgIpc) is 2.35. The number of hydrogen-bond donors (Lipinski definition) is 2. The Hall–Kier alpha value is -1.24. The van der Waals surface area contributed by atoms with Crippen molar-refractivity contribution in [3.8, 4) is 0 Å². The van der Waals surface area contributed by atoms with Gasteiger partial charge in [-0.15, -0.1) is 0 Å². The quantitative estimate of drug-likeness (QED) is 0.769. The molecule has 1 aromatic carbocycles. The van der Waals surface area contributed by atoms with Crippen molar-refractivity contribution in [2.45, 2.75) is 31.7 Å². The molecule has 0 saturated heterocycles. The number of nitrogens with one attached hydrogen (secondary N) is 1. The molecule has 0 spiro atoms. The Kier molecular flexibility index (Phi) is 5.22. The maximum atomic E-state index is 12.1. The molecule has 0 aliphatic carbocycles. The van der Waals surface area contributed by atoms with Gasteiger partial charge in [0.1, 0.15) is 0 Å². The van der Waals surface area contributed by atoms with E-state index >= 15 is 0 Å². The summed E-state index contributed by atoms with van der Waals surface area (Å²) in [5, 5.41) is 9.15. The SMILES string of the molecule is CC(=O)c1ccc(S(=O)(=O)NC(CO)C(C)C)cc1. The molecule has 0 saturated carbocycles. The number of carbonyl (C=O) groups excluding carboxylic acids is 1. The molecule has 0 heterocycles. The van der Waals surface area contributed by atoms with Crippen LogP contribution in [0, 0.1) is 5.92 Å². The zero-order valence-corrected chi connectivity index (χ0v) is 12.1. The Bertz CT molecular complexity index is 534. The minimum atomic E-state index is -3.68. The fourth-order valence-electron chi connectivity index (χ4n) is 1.52. The van der Waals surface area contributed by atoms with E-state index in [0.717, 1.165) is 0 Å². The van der Waals surface area contributed by atoms with E-state index in [9.17, 15) is 13.2 Å². The molecule has 106 valence electrons. The second-order valence-corrected chi connectivity index (χ2v) is 6.45. The van der Waals surface area contributed by atoms with Crippen LogP contribution in [0.4, 0.5) is 0 Å². The third kappa shape index (κ3) is 4.12. The molecule has 1 rings (SSSR count). The highest BCUT2D eigenvalue weighted by Gasteiger charge is 2.21. The first kappa shape index (κ1) is 15.8. The predicted octanol–water partition coefficient (Wildman–Crippen LogP) is 1.18. The molecule has 1 unspecified atom stereocenters. The average molecular weight is 285 g/mol. The van der Waals surface area contributed by atoms with Crippen molar-refractivity contribution < 1.29 is 18.3 Å². The van der Waals surface area contributed by atoms with Crippen LogP contribution in [-0.4, -0.2) is 32.0 Å². The van der Waals surface area contributed by atoms with Gasteiger partial charge in [0.15, 0.2) is 5.78 Å². The number of aliphatic hydroxyl groups excluding tert-OH is 1. The van der Waals surface area contributed by atoms with Gasteiger partial charge >= 0.3 is 0 Å². The van der Waals surface area contributed by atoms with E-state index in [-0.39, 0.29) is 23.2 Å². The summed E-state index contributed by atoms with van der Waals surface area (Å²) in [7, 11) is -3.68. The molecule has 0 amide bonds. The Morgan fingerprint density at radius 3 is 2.16 bits per heavy atom. The second-order valence-electron chi connectivity index (χ2n) is 4.73. The summed E-state index contributed by atoms with van der Waals surface area (Å²) in [6, 6.07) is 5.18. The Labute approximate surface area is 113 Å². The smallest absolute Gasteiger partial charge is 0.240 e. The number of carbonyl (C=O) groups is 1. The monoisotopic (exact) mass is 285 g/mol. The van der Waals surface area contributed by atoms with E-state index < -0.39 is 16.1 Å². The molecule has 0 fully saturated rings. The van der Waals surface area contributed by atoms with Crippen LogP contribution in [-0.2, 0) is 10.0 Å². The predicted molar refractivity (Wildman–Crippen MR) is 72.5 cm³/mol. The van der Waals surface area contributed by atoms with Gasteiger partial charge in [-0.2, -0.15) is 0 Å². The first-order valence-electron chi connectivity index (χ1n) is 6.02. The summed E-state index contributed by atoms with van der Waals surface area (Å²) >= 11 is 0. The highest BCUT2D eigenvalue weighted by Crippen LogP contribution is 2.13. The van der Waals surface area contributed by atoms with E-state index in [0.29, 0.717) is 5.56 Å². The van der Waals surface area contributed by atoms with Gasteiger partial charge in [-0.05, 0) is 25.0 Å². The maximum absolute atomic E-state index is 12.1. The van der Waals surface area contributed by atoms with Crippen LogP contribution in [0.15, 0.2) is 29.2 Å². The van der Waals surface area contributed by atoms with Crippen molar-refractivity contribution >= 4 is 15.8 Å². The number of ketones is 1. The van der Waals surface area contributed by atoms with Gasteiger partial charge in [0.05, 0.1) is 11.5 Å². The van der Waals surface area contributed by atoms with Crippen LogP contribution < -0.4 is 4.72 Å². The molecule has 1 atom stereocenters. The van der Waals surface area contributed by atoms with Crippen molar-refractivity contribution in [1.82, 2.24) is 4.72 Å². The molecule has 0 aromatic heterocycles. The molecule has 0 aliphatic rings. The highest BCUT2D eigenvalue weighted by atomic mass is 32.2. The standard InChI is InChI=1S/C13H19NO4S/c1-9(2)13(8-15)14-19(17,18)12-6-4-11(5-7-12)10(3)16/h4-7,9,13-15H,8H2,1-3H3. The van der Waals surface area contributed by atoms with E-state index in [1.807, 2.05) is 13.8 Å². The molecule has 0 bridgehead atoms. The normalized spacial score (nSPS) is 13.5. The summed E-state index contributed by atoms with van der Waals surface area (Å²) in [6.07, 6.45) is 0. The summed E-state index contributed by atoms with van der Waals surface area (Å²) in [5.41, 5.74) is 0.460. The Morgan fingerprint density at radius 1 is 1.26 bits per heavy atom. The summed E-state index contributed by atoms with van der Waals surface area (Å²) in [6.45, 7) is 4.80. The maximum Gasteiger partial charge on any atom is 0.240 e. The van der Waals surface area contributed by atoms with Gasteiger partial charge < -0.3 is 5.11 Å². The van der Waals surface area contributed by atoms with E-state index in [2.05, 4.69) is 4.72 Å². The minimum Gasteiger partial charge on any atom is -0.395 e. The number of Topliss-reactive ketones (excluding diaryl/α,β-unsaturated/α-hetero) is 1. The number of aliphatic hydroxyl groups is 1. The first-order chi connectivity index (χ1) is 8.77. The molecule has 19 heavy (non-hydrogen) atoms. The molecule has 6 heteroatoms. The Balaban J connectivity index is 2.97. The van der Waals surface area contributed by atoms with Gasteiger partial charge in [0.2, 0.25) is 10.0 Å². The molecule has 2 N–H and O–H groups in total. The lowest BCUT2D eigenvalue weighted by Crippen LogP contribution is -2.41.